The molecule has 0 unspecified atom stereocenters. The first-order valence-electron chi connectivity index (χ1n) is 10.7. The number of rotatable bonds is 3. The Labute approximate surface area is 194 Å². The van der Waals surface area contributed by atoms with E-state index in [1.807, 2.05) is 25.7 Å². The van der Waals surface area contributed by atoms with E-state index in [4.69, 9.17) is 4.74 Å². The van der Waals surface area contributed by atoms with Crippen LogP contribution in [-0.4, -0.2) is 68.7 Å². The molecule has 0 saturated carbocycles. The summed E-state index contributed by atoms with van der Waals surface area (Å²) in [6, 6.07) is 5.47. The number of imidazole rings is 1. The van der Waals surface area contributed by atoms with Gasteiger partial charge < -0.3 is 23.8 Å². The Morgan fingerprint density at radius 3 is 2.24 bits per heavy atom. The van der Waals surface area contributed by atoms with E-state index in [1.54, 1.807) is 22.8 Å². The van der Waals surface area contributed by atoms with Crippen molar-refractivity contribution in [2.75, 3.05) is 31.1 Å². The highest BCUT2D eigenvalue weighted by atomic mass is 19.4. The largest absolute Gasteiger partial charge is 0.573 e. The SMILES string of the molecule is Cn1cnc2c(-c3ccc(OC(F)(F)F)cc3)nc(N3CCN(C(=O)OC(C)(C)C)CC3)nc21. The quantitative estimate of drug-likeness (QED) is 0.563. The highest BCUT2D eigenvalue weighted by molar-refractivity contribution is 5.88. The Morgan fingerprint density at radius 1 is 1.00 bits per heavy atom. The fraction of sp³-hybridized carbons (Fsp3) is 0.455. The Balaban J connectivity index is 1.59. The van der Waals surface area contributed by atoms with Crippen LogP contribution in [0.5, 0.6) is 5.75 Å². The lowest BCUT2D eigenvalue weighted by Crippen LogP contribution is -2.50. The molecule has 4 rings (SSSR count). The van der Waals surface area contributed by atoms with Gasteiger partial charge >= 0.3 is 12.5 Å². The van der Waals surface area contributed by atoms with Crippen molar-refractivity contribution in [2.45, 2.75) is 32.7 Å². The number of ether oxygens (including phenoxy) is 2. The second-order valence-electron chi connectivity index (χ2n) is 8.93. The van der Waals surface area contributed by atoms with Gasteiger partial charge in [-0.25, -0.2) is 14.8 Å². The van der Waals surface area contributed by atoms with Crippen LogP contribution in [0.2, 0.25) is 0 Å². The molecule has 3 aromatic rings. The fourth-order valence-corrected chi connectivity index (χ4v) is 3.57. The predicted molar refractivity (Wildman–Crippen MR) is 118 cm³/mol. The Morgan fingerprint density at radius 2 is 1.65 bits per heavy atom. The third-order valence-corrected chi connectivity index (χ3v) is 5.12. The van der Waals surface area contributed by atoms with Crippen molar-refractivity contribution in [3.05, 3.63) is 30.6 Å². The van der Waals surface area contributed by atoms with E-state index in [0.717, 1.165) is 0 Å². The van der Waals surface area contributed by atoms with Gasteiger partial charge in [-0.15, -0.1) is 13.2 Å². The molecule has 0 bridgehead atoms. The van der Waals surface area contributed by atoms with E-state index >= 15 is 0 Å². The smallest absolute Gasteiger partial charge is 0.444 e. The number of carbonyl (C=O) groups is 1. The molecule has 1 aliphatic heterocycles. The first-order valence-corrected chi connectivity index (χ1v) is 10.7. The van der Waals surface area contributed by atoms with Crippen molar-refractivity contribution in [3.63, 3.8) is 0 Å². The number of fused-ring (bicyclic) bond motifs is 1. The molecule has 1 amide bonds. The van der Waals surface area contributed by atoms with E-state index in [-0.39, 0.29) is 11.8 Å². The zero-order chi connectivity index (χ0) is 24.7. The van der Waals surface area contributed by atoms with Gasteiger partial charge in [0.25, 0.3) is 0 Å². The van der Waals surface area contributed by atoms with Gasteiger partial charge in [0.05, 0.1) is 6.33 Å². The number of aryl methyl sites for hydroxylation is 1. The van der Waals surface area contributed by atoms with Crippen LogP contribution in [0.1, 0.15) is 20.8 Å². The summed E-state index contributed by atoms with van der Waals surface area (Å²) in [5, 5.41) is 0. The zero-order valence-electron chi connectivity index (χ0n) is 19.3. The second-order valence-corrected chi connectivity index (χ2v) is 8.93. The number of amides is 1. The number of carbonyl (C=O) groups excluding carboxylic acids is 1. The van der Waals surface area contributed by atoms with Crippen molar-refractivity contribution in [3.8, 4) is 17.0 Å². The molecular formula is C22H25F3N6O3. The maximum absolute atomic E-state index is 12.5. The summed E-state index contributed by atoms with van der Waals surface area (Å²) in [4.78, 5) is 29.7. The molecule has 0 atom stereocenters. The Bertz CT molecular complexity index is 1180. The summed E-state index contributed by atoms with van der Waals surface area (Å²) in [7, 11) is 1.80. The lowest BCUT2D eigenvalue weighted by atomic mass is 10.1. The van der Waals surface area contributed by atoms with Gasteiger partial charge in [0.2, 0.25) is 5.95 Å². The molecule has 0 spiro atoms. The summed E-state index contributed by atoms with van der Waals surface area (Å²) >= 11 is 0. The van der Waals surface area contributed by atoms with Gasteiger partial charge in [-0.1, -0.05) is 0 Å². The third kappa shape index (κ3) is 5.32. The van der Waals surface area contributed by atoms with E-state index in [2.05, 4.69) is 19.7 Å². The molecular weight excluding hydrogens is 453 g/mol. The van der Waals surface area contributed by atoms with Crippen LogP contribution in [-0.2, 0) is 11.8 Å². The Kier molecular flexibility index (Phi) is 6.00. The number of benzene rings is 1. The first kappa shape index (κ1) is 23.6. The van der Waals surface area contributed by atoms with Gasteiger partial charge in [-0.3, -0.25) is 0 Å². The molecule has 1 aliphatic rings. The van der Waals surface area contributed by atoms with Crippen LogP contribution in [0.15, 0.2) is 30.6 Å². The summed E-state index contributed by atoms with van der Waals surface area (Å²) in [5.41, 5.74) is 1.62. The normalized spacial score (nSPS) is 15.0. The number of aromatic nitrogens is 4. The molecule has 1 fully saturated rings. The van der Waals surface area contributed by atoms with Gasteiger partial charge in [-0.2, -0.15) is 4.98 Å². The summed E-state index contributed by atoms with van der Waals surface area (Å²) < 4.78 is 48.7. The van der Waals surface area contributed by atoms with Crippen LogP contribution < -0.4 is 9.64 Å². The molecule has 0 radical (unpaired) electrons. The maximum Gasteiger partial charge on any atom is 0.573 e. The van der Waals surface area contributed by atoms with E-state index in [1.165, 1.54) is 24.3 Å². The van der Waals surface area contributed by atoms with Crippen LogP contribution in [0.4, 0.5) is 23.9 Å². The third-order valence-electron chi connectivity index (χ3n) is 5.12. The average molecular weight is 478 g/mol. The standard InChI is InChI=1S/C22H25F3N6O3/c1-21(2,3)34-20(32)31-11-9-30(10-12-31)19-27-16(17-18(28-19)29(4)13-26-17)14-5-7-15(8-6-14)33-22(23,24)25/h5-8,13H,9-12H2,1-4H3. The second kappa shape index (κ2) is 8.65. The van der Waals surface area contributed by atoms with Crippen LogP contribution in [0.25, 0.3) is 22.4 Å². The van der Waals surface area contributed by atoms with Crippen molar-refractivity contribution in [2.24, 2.45) is 7.05 Å². The maximum atomic E-state index is 12.5. The minimum Gasteiger partial charge on any atom is -0.444 e. The molecule has 3 heterocycles. The van der Waals surface area contributed by atoms with Crippen LogP contribution >= 0.6 is 0 Å². The predicted octanol–water partition coefficient (Wildman–Crippen LogP) is 3.99. The average Bonchev–Trinajstić information content (AvgIpc) is 3.12. The lowest BCUT2D eigenvalue weighted by molar-refractivity contribution is -0.274. The van der Waals surface area contributed by atoms with E-state index < -0.39 is 12.0 Å². The molecule has 0 N–H and O–H groups in total. The van der Waals surface area contributed by atoms with Crippen molar-refractivity contribution >= 4 is 23.2 Å². The molecule has 34 heavy (non-hydrogen) atoms. The highest BCUT2D eigenvalue weighted by Crippen LogP contribution is 2.30. The molecule has 1 saturated heterocycles. The minimum atomic E-state index is -4.76. The van der Waals surface area contributed by atoms with Crippen LogP contribution in [0.3, 0.4) is 0 Å². The van der Waals surface area contributed by atoms with Crippen molar-refractivity contribution in [1.29, 1.82) is 0 Å². The molecule has 12 heteroatoms. The summed E-state index contributed by atoms with van der Waals surface area (Å²) in [6.07, 6.45) is -3.52. The minimum absolute atomic E-state index is 0.318. The van der Waals surface area contributed by atoms with Crippen molar-refractivity contribution < 1.29 is 27.4 Å². The molecule has 2 aromatic heterocycles. The van der Waals surface area contributed by atoms with Gasteiger partial charge in [0, 0.05) is 38.8 Å². The first-order chi connectivity index (χ1) is 15.9. The van der Waals surface area contributed by atoms with Gasteiger partial charge in [0.15, 0.2) is 5.65 Å². The monoisotopic (exact) mass is 478 g/mol. The van der Waals surface area contributed by atoms with E-state index in [9.17, 15) is 18.0 Å². The zero-order valence-corrected chi connectivity index (χ0v) is 19.3. The number of alkyl halides is 3. The topological polar surface area (TPSA) is 85.6 Å². The number of anilines is 1. The fourth-order valence-electron chi connectivity index (χ4n) is 3.57. The molecule has 182 valence electrons. The van der Waals surface area contributed by atoms with E-state index in [0.29, 0.717) is 54.5 Å². The van der Waals surface area contributed by atoms with Gasteiger partial charge in [0.1, 0.15) is 22.6 Å². The number of piperazine rings is 1. The summed E-state index contributed by atoms with van der Waals surface area (Å²) in [5.74, 6) is 0.131. The number of hydrogen-bond donors (Lipinski definition) is 0. The molecule has 0 aliphatic carbocycles. The number of nitrogens with zero attached hydrogens (tertiary/aromatic N) is 6. The van der Waals surface area contributed by atoms with Crippen molar-refractivity contribution in [1.82, 2.24) is 24.4 Å². The Hall–Kier alpha value is -3.57. The number of halogens is 3. The molecule has 9 nitrogen and oxygen atoms in total. The lowest BCUT2D eigenvalue weighted by Gasteiger charge is -2.35. The highest BCUT2D eigenvalue weighted by Gasteiger charge is 2.31. The molecule has 1 aromatic carbocycles. The van der Waals surface area contributed by atoms with Gasteiger partial charge in [-0.05, 0) is 45.0 Å². The summed E-state index contributed by atoms with van der Waals surface area (Å²) in [6.45, 7) is 7.35. The van der Waals surface area contributed by atoms with Crippen LogP contribution in [0, 0.1) is 0 Å². The number of hydrogen-bond acceptors (Lipinski definition) is 7.